The number of nitrogens with one attached hydrogen (secondary N) is 1. The third-order valence-electron chi connectivity index (χ3n) is 11.5. The highest BCUT2D eigenvalue weighted by molar-refractivity contribution is 5.80. The van der Waals surface area contributed by atoms with Crippen molar-refractivity contribution in [2.24, 2.45) is 0 Å². The van der Waals surface area contributed by atoms with Gasteiger partial charge in [0, 0.05) is 0 Å². The van der Waals surface area contributed by atoms with Crippen LogP contribution in [-0.4, -0.2) is 57.3 Å². The minimum Gasteiger partial charge on any atom is -0.394 e. The third kappa shape index (κ3) is 36.7. The minimum atomic E-state index is -1.28. The number of carbonyl (C=O) groups excluding carboxylic acids is 1. The molecule has 0 rings (SSSR count). The van der Waals surface area contributed by atoms with Crippen molar-refractivity contribution in [2.75, 3.05) is 6.61 Å². The van der Waals surface area contributed by atoms with E-state index in [9.17, 15) is 25.2 Å². The van der Waals surface area contributed by atoms with Crippen molar-refractivity contribution in [3.63, 3.8) is 0 Å². The number of rotatable bonds is 44. The molecule has 0 aliphatic rings. The van der Waals surface area contributed by atoms with Gasteiger partial charge < -0.3 is 25.7 Å². The van der Waals surface area contributed by atoms with Gasteiger partial charge in [0.15, 0.2) is 0 Å². The van der Waals surface area contributed by atoms with Crippen molar-refractivity contribution < 1.29 is 25.2 Å². The first-order valence-corrected chi connectivity index (χ1v) is 24.1. The maximum Gasteiger partial charge on any atom is 0.249 e. The molecular formula is C48H95NO5. The molecule has 0 bridgehead atoms. The van der Waals surface area contributed by atoms with Gasteiger partial charge in [-0.3, -0.25) is 4.79 Å². The van der Waals surface area contributed by atoms with E-state index in [1.807, 2.05) is 0 Å². The zero-order valence-corrected chi connectivity index (χ0v) is 36.2. The Balaban J connectivity index is 3.67. The Morgan fingerprint density at radius 1 is 0.444 bits per heavy atom. The molecule has 322 valence electrons. The largest absolute Gasteiger partial charge is 0.394 e. The summed E-state index contributed by atoms with van der Waals surface area (Å²) < 4.78 is 0. The van der Waals surface area contributed by atoms with Gasteiger partial charge in [-0.25, -0.2) is 0 Å². The first-order valence-electron chi connectivity index (χ1n) is 24.1. The maximum atomic E-state index is 12.5. The molecule has 5 N–H and O–H groups in total. The molecule has 0 aliphatic carbocycles. The van der Waals surface area contributed by atoms with Crippen LogP contribution in [0.3, 0.4) is 0 Å². The molecule has 0 saturated carbocycles. The SMILES string of the molecule is CCCCCCCCCCCCCCCCCCCCCC/C=C/CCCC(O)C(O)C(CO)NC(=O)C(O)CCCCCCCCCCCCCCC. The Bertz CT molecular complexity index is 776. The number of aliphatic hydroxyl groups is 4. The molecule has 4 atom stereocenters. The Hall–Kier alpha value is -0.950. The molecule has 0 aromatic carbocycles. The average molecular weight is 766 g/mol. The normalized spacial score (nSPS) is 14.1. The number of hydrogen-bond donors (Lipinski definition) is 5. The lowest BCUT2D eigenvalue weighted by Gasteiger charge is -2.27. The van der Waals surface area contributed by atoms with Crippen molar-refractivity contribution in [3.05, 3.63) is 12.2 Å². The van der Waals surface area contributed by atoms with E-state index in [0.717, 1.165) is 38.5 Å². The summed E-state index contributed by atoms with van der Waals surface area (Å²) in [6, 6.07) is -0.997. The molecule has 54 heavy (non-hydrogen) atoms. The molecule has 0 radical (unpaired) electrons. The lowest BCUT2D eigenvalue weighted by molar-refractivity contribution is -0.132. The van der Waals surface area contributed by atoms with Gasteiger partial charge >= 0.3 is 0 Å². The fraction of sp³-hybridized carbons (Fsp3) is 0.938. The van der Waals surface area contributed by atoms with E-state index in [4.69, 9.17) is 0 Å². The van der Waals surface area contributed by atoms with Gasteiger partial charge in [-0.15, -0.1) is 0 Å². The highest BCUT2D eigenvalue weighted by Crippen LogP contribution is 2.17. The van der Waals surface area contributed by atoms with Crippen LogP contribution in [0, 0.1) is 0 Å². The van der Waals surface area contributed by atoms with Crippen LogP contribution in [0.15, 0.2) is 12.2 Å². The highest BCUT2D eigenvalue weighted by Gasteiger charge is 2.28. The summed E-state index contributed by atoms with van der Waals surface area (Å²) in [5, 5.41) is 43.7. The Kier molecular flexibility index (Phi) is 42.4. The highest BCUT2D eigenvalue weighted by atomic mass is 16.3. The average Bonchev–Trinajstić information content (AvgIpc) is 3.18. The van der Waals surface area contributed by atoms with Gasteiger partial charge in [0.25, 0.3) is 0 Å². The van der Waals surface area contributed by atoms with E-state index in [1.54, 1.807) is 0 Å². The molecule has 0 aromatic heterocycles. The van der Waals surface area contributed by atoms with E-state index in [0.29, 0.717) is 12.8 Å². The predicted octanol–water partition coefficient (Wildman–Crippen LogP) is 13.0. The lowest BCUT2D eigenvalue weighted by Crippen LogP contribution is -2.53. The summed E-state index contributed by atoms with van der Waals surface area (Å²) in [7, 11) is 0. The first-order chi connectivity index (χ1) is 26.5. The van der Waals surface area contributed by atoms with Crippen LogP contribution in [0.4, 0.5) is 0 Å². The van der Waals surface area contributed by atoms with Crippen molar-refractivity contribution in [2.45, 2.75) is 282 Å². The molecule has 4 unspecified atom stereocenters. The summed E-state index contributed by atoms with van der Waals surface area (Å²) in [6.07, 6.45) is 48.3. The lowest BCUT2D eigenvalue weighted by atomic mass is 10.00. The number of unbranched alkanes of at least 4 members (excludes halogenated alkanes) is 33. The molecule has 0 aromatic rings. The zero-order chi connectivity index (χ0) is 39.6. The zero-order valence-electron chi connectivity index (χ0n) is 36.2. The number of amides is 1. The van der Waals surface area contributed by atoms with Crippen molar-refractivity contribution >= 4 is 5.91 Å². The third-order valence-corrected chi connectivity index (χ3v) is 11.5. The van der Waals surface area contributed by atoms with Crippen LogP contribution in [0.5, 0.6) is 0 Å². The summed E-state index contributed by atoms with van der Waals surface area (Å²) in [4.78, 5) is 12.5. The first kappa shape index (κ1) is 53.0. The molecule has 0 fully saturated rings. The van der Waals surface area contributed by atoms with Crippen molar-refractivity contribution in [1.82, 2.24) is 5.32 Å². The van der Waals surface area contributed by atoms with Crippen LogP contribution >= 0.6 is 0 Å². The topological polar surface area (TPSA) is 110 Å². The molecule has 6 nitrogen and oxygen atoms in total. The minimum absolute atomic E-state index is 0.367. The molecule has 0 heterocycles. The summed E-state index contributed by atoms with van der Waals surface area (Å²) in [6.45, 7) is 4.05. The quantitative estimate of drug-likeness (QED) is 0.0313. The van der Waals surface area contributed by atoms with E-state index in [-0.39, 0.29) is 0 Å². The van der Waals surface area contributed by atoms with Crippen molar-refractivity contribution in [3.8, 4) is 0 Å². The number of aliphatic hydroxyl groups excluding tert-OH is 4. The molecule has 0 saturated heterocycles. The molecule has 6 heteroatoms. The monoisotopic (exact) mass is 766 g/mol. The van der Waals surface area contributed by atoms with Crippen LogP contribution in [0.2, 0.25) is 0 Å². The maximum absolute atomic E-state index is 12.5. The van der Waals surface area contributed by atoms with Crippen LogP contribution in [0.1, 0.15) is 258 Å². The molecule has 0 aliphatic heterocycles. The summed E-state index contributed by atoms with van der Waals surface area (Å²) >= 11 is 0. The summed E-state index contributed by atoms with van der Waals surface area (Å²) in [5.41, 5.74) is 0. The number of hydrogen-bond acceptors (Lipinski definition) is 5. The van der Waals surface area contributed by atoms with Crippen LogP contribution in [0.25, 0.3) is 0 Å². The smallest absolute Gasteiger partial charge is 0.249 e. The van der Waals surface area contributed by atoms with Gasteiger partial charge in [0.2, 0.25) is 5.91 Å². The molecular weight excluding hydrogens is 671 g/mol. The van der Waals surface area contributed by atoms with Gasteiger partial charge in [-0.1, -0.05) is 231 Å². The van der Waals surface area contributed by atoms with E-state index in [2.05, 4.69) is 31.3 Å². The van der Waals surface area contributed by atoms with Crippen LogP contribution in [-0.2, 0) is 4.79 Å². The second kappa shape index (κ2) is 43.2. The molecule has 1 amide bonds. The van der Waals surface area contributed by atoms with E-state index >= 15 is 0 Å². The van der Waals surface area contributed by atoms with Gasteiger partial charge in [0.1, 0.15) is 12.2 Å². The Labute approximate surface area is 336 Å². The number of allylic oxidation sites excluding steroid dienone is 2. The second-order valence-electron chi connectivity index (χ2n) is 16.8. The van der Waals surface area contributed by atoms with Gasteiger partial charge in [0.05, 0.1) is 18.8 Å². The second-order valence-corrected chi connectivity index (χ2v) is 16.8. The fourth-order valence-electron chi connectivity index (χ4n) is 7.64. The standard InChI is InChI=1S/C48H95NO5/c1-3-5-7-9-11-13-15-17-18-19-20-21-22-23-24-25-26-27-28-30-31-33-35-37-39-41-45(51)47(53)44(43-50)49-48(54)46(52)42-40-38-36-34-32-29-16-14-12-10-8-6-4-2/h33,35,44-47,50-53H,3-32,34,36-43H2,1-2H3,(H,49,54)/b35-33+. The van der Waals surface area contributed by atoms with Gasteiger partial charge in [-0.05, 0) is 38.5 Å². The Morgan fingerprint density at radius 2 is 0.759 bits per heavy atom. The van der Waals surface area contributed by atoms with E-state index < -0.39 is 36.9 Å². The molecule has 0 spiro atoms. The fourth-order valence-corrected chi connectivity index (χ4v) is 7.64. The van der Waals surface area contributed by atoms with E-state index in [1.165, 1.54) is 193 Å². The van der Waals surface area contributed by atoms with Crippen molar-refractivity contribution in [1.29, 1.82) is 0 Å². The van der Waals surface area contributed by atoms with Gasteiger partial charge in [-0.2, -0.15) is 0 Å². The van der Waals surface area contributed by atoms with Crippen LogP contribution < -0.4 is 5.32 Å². The number of carbonyl (C=O) groups is 1. The Morgan fingerprint density at radius 3 is 1.11 bits per heavy atom. The predicted molar refractivity (Wildman–Crippen MR) is 233 cm³/mol. The summed E-state index contributed by atoms with van der Waals surface area (Å²) in [5.74, 6) is -0.591.